The molecule has 1 aromatic carbocycles. The Kier molecular flexibility index (Phi) is 9.90. The van der Waals surface area contributed by atoms with Crippen LogP contribution in [0.15, 0.2) is 29.3 Å². The number of phenolic OH excluding ortho intramolecular Hbond substituents is 1. The fourth-order valence-corrected chi connectivity index (χ4v) is 3.63. The second-order valence-corrected chi connectivity index (χ2v) is 7.31. The summed E-state index contributed by atoms with van der Waals surface area (Å²) in [7, 11) is 5.42. The van der Waals surface area contributed by atoms with Gasteiger partial charge < -0.3 is 20.6 Å². The highest BCUT2D eigenvalue weighted by Gasteiger charge is 2.42. The molecule has 27 heavy (non-hydrogen) atoms. The molecule has 0 atom stereocenters. The Morgan fingerprint density at radius 3 is 2.37 bits per heavy atom. The Balaban J connectivity index is 0.00000364. The van der Waals surface area contributed by atoms with Crippen LogP contribution in [0.2, 0.25) is 0 Å². The van der Waals surface area contributed by atoms with Crippen molar-refractivity contribution in [2.45, 2.75) is 38.5 Å². The third kappa shape index (κ3) is 6.86. The van der Waals surface area contributed by atoms with Gasteiger partial charge in [-0.3, -0.25) is 9.79 Å². The Labute approximate surface area is 179 Å². The first-order valence-corrected chi connectivity index (χ1v) is 9.41. The topological polar surface area (TPSA) is 77.0 Å². The lowest BCUT2D eigenvalue weighted by atomic mass is 9.84. The van der Waals surface area contributed by atoms with E-state index in [4.69, 9.17) is 0 Å². The number of halogens is 1. The average Bonchev–Trinajstić information content (AvgIpc) is 3.12. The van der Waals surface area contributed by atoms with E-state index in [1.165, 1.54) is 5.56 Å². The van der Waals surface area contributed by atoms with Gasteiger partial charge in [0.15, 0.2) is 5.96 Å². The number of carbonyl (C=O) groups excluding carboxylic acids is 1. The molecule has 0 spiro atoms. The van der Waals surface area contributed by atoms with Gasteiger partial charge >= 0.3 is 0 Å². The number of phenols is 1. The number of hydrogen-bond acceptors (Lipinski definition) is 3. The van der Waals surface area contributed by atoms with E-state index in [2.05, 4.69) is 15.6 Å². The molecule has 1 aromatic rings. The smallest absolute Gasteiger partial charge is 0.230 e. The monoisotopic (exact) mass is 488 g/mol. The molecule has 7 heteroatoms. The minimum atomic E-state index is -0.298. The Morgan fingerprint density at radius 1 is 1.19 bits per heavy atom. The van der Waals surface area contributed by atoms with Gasteiger partial charge in [-0.15, -0.1) is 24.0 Å². The van der Waals surface area contributed by atoms with Gasteiger partial charge in [0.1, 0.15) is 5.75 Å². The van der Waals surface area contributed by atoms with E-state index >= 15 is 0 Å². The van der Waals surface area contributed by atoms with E-state index in [9.17, 15) is 9.90 Å². The summed E-state index contributed by atoms with van der Waals surface area (Å²) in [5.41, 5.74) is 0.904. The number of aliphatic imine (C=N–C) groups is 1. The van der Waals surface area contributed by atoms with Crippen LogP contribution >= 0.6 is 24.0 Å². The summed E-state index contributed by atoms with van der Waals surface area (Å²) in [5.74, 6) is 1.25. The van der Waals surface area contributed by atoms with Gasteiger partial charge in [0, 0.05) is 34.2 Å². The third-order valence-corrected chi connectivity index (χ3v) is 5.11. The van der Waals surface area contributed by atoms with Crippen LogP contribution in [-0.2, 0) is 11.2 Å². The van der Waals surface area contributed by atoms with Gasteiger partial charge in [-0.1, -0.05) is 25.0 Å². The van der Waals surface area contributed by atoms with Crippen molar-refractivity contribution in [2.75, 3.05) is 34.2 Å². The molecule has 0 saturated heterocycles. The summed E-state index contributed by atoms with van der Waals surface area (Å²) in [6, 6.07) is 7.32. The molecule has 1 aliphatic carbocycles. The first kappa shape index (κ1) is 23.5. The van der Waals surface area contributed by atoms with E-state index in [0.717, 1.165) is 51.0 Å². The van der Waals surface area contributed by atoms with Crippen molar-refractivity contribution >= 4 is 35.8 Å². The highest BCUT2D eigenvalue weighted by molar-refractivity contribution is 14.0. The van der Waals surface area contributed by atoms with E-state index in [0.29, 0.717) is 12.3 Å². The van der Waals surface area contributed by atoms with Crippen LogP contribution in [0, 0.1) is 5.41 Å². The van der Waals surface area contributed by atoms with E-state index in [1.54, 1.807) is 24.1 Å². The number of guanidine groups is 1. The van der Waals surface area contributed by atoms with Crippen LogP contribution in [0.25, 0.3) is 0 Å². The van der Waals surface area contributed by atoms with Crippen molar-refractivity contribution in [3.63, 3.8) is 0 Å². The molecule has 6 nitrogen and oxygen atoms in total. The van der Waals surface area contributed by atoms with Crippen molar-refractivity contribution in [2.24, 2.45) is 10.4 Å². The van der Waals surface area contributed by atoms with Crippen LogP contribution in [0.3, 0.4) is 0 Å². The maximum atomic E-state index is 12.6. The maximum Gasteiger partial charge on any atom is 0.230 e. The number of hydrogen-bond donors (Lipinski definition) is 3. The predicted molar refractivity (Wildman–Crippen MR) is 121 cm³/mol. The van der Waals surface area contributed by atoms with Crippen LogP contribution in [-0.4, -0.2) is 56.1 Å². The lowest BCUT2D eigenvalue weighted by molar-refractivity contribution is -0.138. The van der Waals surface area contributed by atoms with Crippen molar-refractivity contribution in [3.8, 4) is 5.75 Å². The molecule has 1 aliphatic rings. The number of carbonyl (C=O) groups is 1. The van der Waals surface area contributed by atoms with Crippen molar-refractivity contribution in [1.82, 2.24) is 15.5 Å². The molecule has 3 N–H and O–H groups in total. The molecule has 2 rings (SSSR count). The Hall–Kier alpha value is -1.51. The van der Waals surface area contributed by atoms with Crippen molar-refractivity contribution in [3.05, 3.63) is 29.8 Å². The van der Waals surface area contributed by atoms with Crippen LogP contribution in [0.4, 0.5) is 0 Å². The number of aryl methyl sites for hydroxylation is 1. The minimum absolute atomic E-state index is 0. The third-order valence-electron chi connectivity index (χ3n) is 5.11. The van der Waals surface area contributed by atoms with Crippen molar-refractivity contribution < 1.29 is 9.90 Å². The summed E-state index contributed by atoms with van der Waals surface area (Å²) in [6.45, 7) is 1.43. The standard InChI is InChI=1S/C20H32N4O2.HI/c1-21-19(22-14-6-7-16-8-10-17(25)11-9-16)23-15-20(12-4-5-13-20)18(26)24(2)3;/h8-11,25H,4-7,12-15H2,1-3H3,(H2,21,22,23);1H. The molecule has 0 aromatic heterocycles. The van der Waals surface area contributed by atoms with E-state index < -0.39 is 0 Å². The minimum Gasteiger partial charge on any atom is -0.508 e. The number of nitrogens with zero attached hydrogens (tertiary/aromatic N) is 2. The largest absolute Gasteiger partial charge is 0.508 e. The molecule has 152 valence electrons. The Bertz CT molecular complexity index is 611. The fourth-order valence-electron chi connectivity index (χ4n) is 3.63. The second kappa shape index (κ2) is 11.4. The SMILES string of the molecule is CN=C(NCCCc1ccc(O)cc1)NCC1(C(=O)N(C)C)CCCC1.I. The molecule has 1 amide bonds. The number of aromatic hydroxyl groups is 1. The molecular formula is C20H33IN4O2. The van der Waals surface area contributed by atoms with E-state index in [1.807, 2.05) is 26.2 Å². The normalized spacial score (nSPS) is 15.7. The molecule has 1 fully saturated rings. The number of nitrogens with one attached hydrogen (secondary N) is 2. The summed E-state index contributed by atoms with van der Waals surface area (Å²) < 4.78 is 0. The number of benzene rings is 1. The number of amides is 1. The average molecular weight is 488 g/mol. The maximum absolute atomic E-state index is 12.6. The zero-order chi connectivity index (χ0) is 19.0. The van der Waals surface area contributed by atoms with Gasteiger partial charge in [0.25, 0.3) is 0 Å². The summed E-state index contributed by atoms with van der Waals surface area (Å²) in [4.78, 5) is 18.6. The lowest BCUT2D eigenvalue weighted by Crippen LogP contribution is -2.49. The lowest BCUT2D eigenvalue weighted by Gasteiger charge is -2.31. The molecule has 0 heterocycles. The summed E-state index contributed by atoms with van der Waals surface area (Å²) in [5, 5.41) is 16.0. The van der Waals surface area contributed by atoms with E-state index in [-0.39, 0.29) is 35.3 Å². The van der Waals surface area contributed by atoms with Crippen LogP contribution < -0.4 is 10.6 Å². The molecule has 0 radical (unpaired) electrons. The Morgan fingerprint density at radius 2 is 1.81 bits per heavy atom. The molecule has 1 saturated carbocycles. The van der Waals surface area contributed by atoms with Crippen molar-refractivity contribution in [1.29, 1.82) is 0 Å². The second-order valence-electron chi connectivity index (χ2n) is 7.31. The van der Waals surface area contributed by atoms with Crippen LogP contribution in [0.5, 0.6) is 5.75 Å². The summed E-state index contributed by atoms with van der Waals surface area (Å²) >= 11 is 0. The first-order valence-electron chi connectivity index (χ1n) is 9.41. The molecule has 0 aliphatic heterocycles. The zero-order valence-corrected chi connectivity index (χ0v) is 19.0. The van der Waals surface area contributed by atoms with Gasteiger partial charge in [0.05, 0.1) is 5.41 Å². The van der Waals surface area contributed by atoms with Crippen LogP contribution in [0.1, 0.15) is 37.7 Å². The zero-order valence-electron chi connectivity index (χ0n) is 16.6. The first-order chi connectivity index (χ1) is 12.5. The van der Waals surface area contributed by atoms with Gasteiger partial charge in [-0.2, -0.15) is 0 Å². The fraction of sp³-hybridized carbons (Fsp3) is 0.600. The number of rotatable bonds is 7. The highest BCUT2D eigenvalue weighted by Crippen LogP contribution is 2.38. The van der Waals surface area contributed by atoms with Gasteiger partial charge in [-0.05, 0) is 43.4 Å². The molecular weight excluding hydrogens is 455 g/mol. The highest BCUT2D eigenvalue weighted by atomic mass is 127. The quantitative estimate of drug-likeness (QED) is 0.239. The predicted octanol–water partition coefficient (Wildman–Crippen LogP) is 2.76. The molecule has 0 bridgehead atoms. The summed E-state index contributed by atoms with van der Waals surface area (Å²) in [6.07, 6.45) is 6.00. The van der Waals surface area contributed by atoms with Gasteiger partial charge in [0.2, 0.25) is 5.91 Å². The van der Waals surface area contributed by atoms with Gasteiger partial charge in [-0.25, -0.2) is 0 Å². The molecule has 0 unspecified atom stereocenters.